The van der Waals surface area contributed by atoms with E-state index in [0.29, 0.717) is 24.1 Å². The van der Waals surface area contributed by atoms with Crippen LogP contribution >= 0.6 is 0 Å². The average Bonchev–Trinajstić information content (AvgIpc) is 3.04. The Hall–Kier alpha value is -3.02. The van der Waals surface area contributed by atoms with E-state index in [1.54, 1.807) is 12.1 Å². The molecule has 2 aliphatic heterocycles. The van der Waals surface area contributed by atoms with Crippen molar-refractivity contribution in [2.24, 2.45) is 0 Å². The number of nitrogens with one attached hydrogen (secondary N) is 1. The van der Waals surface area contributed by atoms with Crippen molar-refractivity contribution in [2.45, 2.75) is 38.5 Å². The molecule has 6 nitrogen and oxygen atoms in total. The molecule has 1 saturated heterocycles. The van der Waals surface area contributed by atoms with E-state index in [4.69, 9.17) is 9.47 Å². The SMILES string of the molecule is O=C(CCc1ccc2c(c1)OCO2)Nc1ccccc1C(=O)N1CCCCCC1. The van der Waals surface area contributed by atoms with Gasteiger partial charge in [-0.15, -0.1) is 0 Å². The molecule has 0 atom stereocenters. The molecule has 0 unspecified atom stereocenters. The van der Waals surface area contributed by atoms with Crippen LogP contribution in [0, 0.1) is 0 Å². The Morgan fingerprint density at radius 1 is 0.931 bits per heavy atom. The molecule has 1 fully saturated rings. The number of para-hydroxylation sites is 1. The van der Waals surface area contributed by atoms with E-state index < -0.39 is 0 Å². The molecule has 2 aliphatic rings. The van der Waals surface area contributed by atoms with Crippen LogP contribution in [0.2, 0.25) is 0 Å². The van der Waals surface area contributed by atoms with Gasteiger partial charge in [-0.05, 0) is 49.1 Å². The molecule has 0 spiro atoms. The third-order valence-corrected chi connectivity index (χ3v) is 5.40. The van der Waals surface area contributed by atoms with Gasteiger partial charge in [0.15, 0.2) is 11.5 Å². The summed E-state index contributed by atoms with van der Waals surface area (Å²) in [5, 5.41) is 2.93. The van der Waals surface area contributed by atoms with E-state index >= 15 is 0 Å². The standard InChI is InChI=1S/C23H26N2O4/c26-22(12-10-17-9-11-20-21(15-17)29-16-28-20)24-19-8-4-3-7-18(19)23(27)25-13-5-1-2-6-14-25/h3-4,7-9,11,15H,1-2,5-6,10,12-14,16H2,(H,24,26). The number of anilines is 1. The van der Waals surface area contributed by atoms with E-state index in [-0.39, 0.29) is 18.6 Å². The van der Waals surface area contributed by atoms with Crippen LogP contribution < -0.4 is 14.8 Å². The second-order valence-electron chi connectivity index (χ2n) is 7.49. The highest BCUT2D eigenvalue weighted by molar-refractivity contribution is 6.03. The van der Waals surface area contributed by atoms with Gasteiger partial charge >= 0.3 is 0 Å². The van der Waals surface area contributed by atoms with Gasteiger partial charge in [-0.2, -0.15) is 0 Å². The van der Waals surface area contributed by atoms with E-state index in [1.807, 2.05) is 35.2 Å². The Balaban J connectivity index is 1.38. The largest absolute Gasteiger partial charge is 0.454 e. The van der Waals surface area contributed by atoms with Gasteiger partial charge in [-0.25, -0.2) is 0 Å². The van der Waals surface area contributed by atoms with E-state index in [0.717, 1.165) is 43.0 Å². The minimum absolute atomic E-state index is 0.00132. The van der Waals surface area contributed by atoms with Crippen LogP contribution in [0.4, 0.5) is 5.69 Å². The molecule has 0 aromatic heterocycles. The van der Waals surface area contributed by atoms with Crippen molar-refractivity contribution in [3.8, 4) is 11.5 Å². The number of fused-ring (bicyclic) bond motifs is 1. The molecule has 0 saturated carbocycles. The summed E-state index contributed by atoms with van der Waals surface area (Å²) in [7, 11) is 0. The molecule has 0 radical (unpaired) electrons. The van der Waals surface area contributed by atoms with Crippen molar-refractivity contribution >= 4 is 17.5 Å². The third kappa shape index (κ3) is 4.70. The number of amides is 2. The Bertz CT molecular complexity index is 888. The van der Waals surface area contributed by atoms with Gasteiger partial charge < -0.3 is 19.7 Å². The summed E-state index contributed by atoms with van der Waals surface area (Å²) in [6.07, 6.45) is 5.33. The lowest BCUT2D eigenvalue weighted by molar-refractivity contribution is -0.116. The summed E-state index contributed by atoms with van der Waals surface area (Å²) < 4.78 is 10.7. The Morgan fingerprint density at radius 2 is 1.69 bits per heavy atom. The first kappa shape index (κ1) is 19.3. The molecule has 4 rings (SSSR count). The van der Waals surface area contributed by atoms with Gasteiger partial charge in [-0.1, -0.05) is 31.0 Å². The number of rotatable bonds is 5. The molecule has 0 bridgehead atoms. The fourth-order valence-electron chi connectivity index (χ4n) is 3.79. The van der Waals surface area contributed by atoms with Crippen LogP contribution in [0.5, 0.6) is 11.5 Å². The van der Waals surface area contributed by atoms with E-state index in [1.165, 1.54) is 12.8 Å². The summed E-state index contributed by atoms with van der Waals surface area (Å²) in [6.45, 7) is 1.80. The van der Waals surface area contributed by atoms with Gasteiger partial charge in [0.05, 0.1) is 11.3 Å². The normalized spacial score (nSPS) is 15.7. The number of benzene rings is 2. The second-order valence-corrected chi connectivity index (χ2v) is 7.49. The van der Waals surface area contributed by atoms with Crippen LogP contribution in [0.1, 0.15) is 48.0 Å². The van der Waals surface area contributed by atoms with Crippen molar-refractivity contribution in [3.63, 3.8) is 0 Å². The number of hydrogen-bond acceptors (Lipinski definition) is 4. The maximum Gasteiger partial charge on any atom is 0.255 e. The summed E-state index contributed by atoms with van der Waals surface area (Å²) in [5.74, 6) is 1.34. The maximum absolute atomic E-state index is 13.0. The Labute approximate surface area is 170 Å². The highest BCUT2D eigenvalue weighted by atomic mass is 16.7. The lowest BCUT2D eigenvalue weighted by atomic mass is 10.1. The number of likely N-dealkylation sites (tertiary alicyclic amines) is 1. The molecule has 152 valence electrons. The number of aryl methyl sites for hydroxylation is 1. The fraction of sp³-hybridized carbons (Fsp3) is 0.391. The van der Waals surface area contributed by atoms with Crippen molar-refractivity contribution < 1.29 is 19.1 Å². The minimum Gasteiger partial charge on any atom is -0.454 e. The van der Waals surface area contributed by atoms with Crippen molar-refractivity contribution in [1.29, 1.82) is 0 Å². The van der Waals surface area contributed by atoms with Gasteiger partial charge in [0.2, 0.25) is 12.7 Å². The van der Waals surface area contributed by atoms with Crippen LogP contribution in [0.3, 0.4) is 0 Å². The highest BCUT2D eigenvalue weighted by Crippen LogP contribution is 2.32. The zero-order chi connectivity index (χ0) is 20.1. The Morgan fingerprint density at radius 3 is 2.52 bits per heavy atom. The first-order chi connectivity index (χ1) is 14.2. The van der Waals surface area contributed by atoms with Crippen LogP contribution in [-0.2, 0) is 11.2 Å². The zero-order valence-corrected chi connectivity index (χ0v) is 16.5. The van der Waals surface area contributed by atoms with Crippen LogP contribution in [0.15, 0.2) is 42.5 Å². The van der Waals surface area contributed by atoms with Crippen LogP contribution in [0.25, 0.3) is 0 Å². The van der Waals surface area contributed by atoms with Crippen molar-refractivity contribution in [2.75, 3.05) is 25.2 Å². The van der Waals surface area contributed by atoms with Crippen molar-refractivity contribution in [1.82, 2.24) is 4.90 Å². The summed E-state index contributed by atoms with van der Waals surface area (Å²) >= 11 is 0. The number of carbonyl (C=O) groups is 2. The predicted molar refractivity (Wildman–Crippen MR) is 110 cm³/mol. The maximum atomic E-state index is 13.0. The van der Waals surface area contributed by atoms with E-state index in [9.17, 15) is 9.59 Å². The number of hydrogen-bond donors (Lipinski definition) is 1. The molecule has 2 aromatic carbocycles. The number of carbonyl (C=O) groups excluding carboxylic acids is 2. The molecule has 1 N–H and O–H groups in total. The van der Waals surface area contributed by atoms with Gasteiger partial charge in [0.1, 0.15) is 0 Å². The molecule has 29 heavy (non-hydrogen) atoms. The first-order valence-corrected chi connectivity index (χ1v) is 10.3. The molecule has 2 heterocycles. The summed E-state index contributed by atoms with van der Waals surface area (Å²) in [6, 6.07) is 13.0. The summed E-state index contributed by atoms with van der Waals surface area (Å²) in [4.78, 5) is 27.4. The van der Waals surface area contributed by atoms with Crippen LogP contribution in [-0.4, -0.2) is 36.6 Å². The predicted octanol–water partition coefficient (Wildman–Crippen LogP) is 4.00. The fourth-order valence-corrected chi connectivity index (χ4v) is 3.79. The zero-order valence-electron chi connectivity index (χ0n) is 16.5. The molecule has 0 aliphatic carbocycles. The minimum atomic E-state index is -0.112. The average molecular weight is 394 g/mol. The van der Waals surface area contributed by atoms with Gasteiger partial charge in [0.25, 0.3) is 5.91 Å². The lowest BCUT2D eigenvalue weighted by Crippen LogP contribution is -2.32. The second kappa shape index (κ2) is 8.99. The number of nitrogens with zero attached hydrogens (tertiary/aromatic N) is 1. The lowest BCUT2D eigenvalue weighted by Gasteiger charge is -2.22. The van der Waals surface area contributed by atoms with E-state index in [2.05, 4.69) is 5.32 Å². The molecule has 2 aromatic rings. The van der Waals surface area contributed by atoms with Gasteiger partial charge in [0, 0.05) is 19.5 Å². The highest BCUT2D eigenvalue weighted by Gasteiger charge is 2.20. The quantitative estimate of drug-likeness (QED) is 0.832. The summed E-state index contributed by atoms with van der Waals surface area (Å²) in [5.41, 5.74) is 2.15. The third-order valence-electron chi connectivity index (χ3n) is 5.40. The topological polar surface area (TPSA) is 67.9 Å². The van der Waals surface area contributed by atoms with Crippen molar-refractivity contribution in [3.05, 3.63) is 53.6 Å². The smallest absolute Gasteiger partial charge is 0.255 e. The number of ether oxygens (including phenoxy) is 2. The molecule has 6 heteroatoms. The molecular formula is C23H26N2O4. The molecule has 2 amide bonds. The first-order valence-electron chi connectivity index (χ1n) is 10.3. The molecular weight excluding hydrogens is 368 g/mol. The monoisotopic (exact) mass is 394 g/mol. The van der Waals surface area contributed by atoms with Gasteiger partial charge in [-0.3, -0.25) is 9.59 Å². The Kier molecular flexibility index (Phi) is 5.98.